The average molecular weight is 212 g/mol. The minimum Gasteiger partial charge on any atom is -0.381 e. The van der Waals surface area contributed by atoms with Gasteiger partial charge in [-0.1, -0.05) is 24.1 Å². The summed E-state index contributed by atoms with van der Waals surface area (Å²) in [6.45, 7) is 0. The molecule has 0 saturated heterocycles. The number of hydrogen-bond donors (Lipinski definition) is 0. The van der Waals surface area contributed by atoms with E-state index in [4.69, 9.17) is 16.3 Å². The number of rotatable bonds is 2. The van der Waals surface area contributed by atoms with Gasteiger partial charge in [-0.15, -0.1) is 0 Å². The molecule has 1 aromatic heterocycles. The van der Waals surface area contributed by atoms with Crippen LogP contribution >= 0.6 is 11.6 Å². The van der Waals surface area contributed by atoms with E-state index in [9.17, 15) is 0 Å². The predicted octanol–water partition coefficient (Wildman–Crippen LogP) is 3.02. The van der Waals surface area contributed by atoms with Crippen molar-refractivity contribution in [2.24, 2.45) is 0 Å². The molecule has 2 nitrogen and oxygen atoms in total. The molecule has 1 heterocycles. The lowest BCUT2D eigenvalue weighted by Crippen LogP contribution is -2.14. The van der Waals surface area contributed by atoms with Gasteiger partial charge in [-0.2, -0.15) is 0 Å². The Kier molecular flexibility index (Phi) is 3.04. The Labute approximate surface area is 89.3 Å². The van der Waals surface area contributed by atoms with Crippen LogP contribution in [-0.4, -0.2) is 18.2 Å². The Bertz CT molecular complexity index is 299. The van der Waals surface area contributed by atoms with E-state index >= 15 is 0 Å². The second kappa shape index (κ2) is 4.28. The van der Waals surface area contributed by atoms with Crippen LogP contribution in [0.4, 0.5) is 0 Å². The highest BCUT2D eigenvalue weighted by molar-refractivity contribution is 6.29. The van der Waals surface area contributed by atoms with Crippen LogP contribution in [0.2, 0.25) is 5.15 Å². The van der Waals surface area contributed by atoms with E-state index in [1.165, 1.54) is 18.4 Å². The van der Waals surface area contributed by atoms with Gasteiger partial charge in [-0.05, 0) is 24.5 Å². The summed E-state index contributed by atoms with van der Waals surface area (Å²) < 4.78 is 5.45. The maximum atomic E-state index is 5.75. The Morgan fingerprint density at radius 3 is 2.93 bits per heavy atom. The van der Waals surface area contributed by atoms with E-state index in [-0.39, 0.29) is 0 Å². The predicted molar refractivity (Wildman–Crippen MR) is 56.6 cm³/mol. The van der Waals surface area contributed by atoms with Crippen molar-refractivity contribution in [2.75, 3.05) is 7.11 Å². The van der Waals surface area contributed by atoms with Gasteiger partial charge in [0, 0.05) is 19.2 Å². The smallest absolute Gasteiger partial charge is 0.129 e. The summed E-state index contributed by atoms with van der Waals surface area (Å²) >= 11 is 5.75. The Balaban J connectivity index is 2.17. The molecule has 1 aliphatic carbocycles. The van der Waals surface area contributed by atoms with Crippen LogP contribution in [0.3, 0.4) is 0 Å². The van der Waals surface area contributed by atoms with Crippen molar-refractivity contribution < 1.29 is 4.74 Å². The molecule has 3 heteroatoms. The molecule has 14 heavy (non-hydrogen) atoms. The van der Waals surface area contributed by atoms with E-state index in [0.717, 1.165) is 6.42 Å². The van der Waals surface area contributed by atoms with Gasteiger partial charge in [0.25, 0.3) is 0 Å². The second-order valence-corrected chi connectivity index (χ2v) is 4.11. The third-order valence-electron chi connectivity index (χ3n) is 2.93. The molecule has 0 aliphatic heterocycles. The number of pyridine rings is 1. The van der Waals surface area contributed by atoms with Gasteiger partial charge in [0.15, 0.2) is 0 Å². The monoisotopic (exact) mass is 211 g/mol. The number of aromatic nitrogens is 1. The lowest BCUT2D eigenvalue weighted by Gasteiger charge is -2.17. The molecule has 1 fully saturated rings. The third kappa shape index (κ3) is 1.91. The van der Waals surface area contributed by atoms with Crippen LogP contribution in [0.15, 0.2) is 18.3 Å². The summed E-state index contributed by atoms with van der Waals surface area (Å²) in [5.74, 6) is 0.504. The van der Waals surface area contributed by atoms with Crippen molar-refractivity contribution in [1.82, 2.24) is 4.98 Å². The summed E-state index contributed by atoms with van der Waals surface area (Å²) in [4.78, 5) is 4.10. The summed E-state index contributed by atoms with van der Waals surface area (Å²) in [5.41, 5.74) is 1.25. The first kappa shape index (κ1) is 9.94. The maximum Gasteiger partial charge on any atom is 0.129 e. The lowest BCUT2D eigenvalue weighted by molar-refractivity contribution is 0.0944. The fourth-order valence-corrected chi connectivity index (χ4v) is 2.31. The summed E-state index contributed by atoms with van der Waals surface area (Å²) in [7, 11) is 1.78. The molecule has 76 valence electrons. The van der Waals surface area contributed by atoms with Gasteiger partial charge < -0.3 is 4.74 Å². The van der Waals surface area contributed by atoms with Gasteiger partial charge in [0.1, 0.15) is 5.15 Å². The minimum atomic E-state index is 0.359. The zero-order valence-corrected chi connectivity index (χ0v) is 9.00. The summed E-state index contributed by atoms with van der Waals surface area (Å²) in [5, 5.41) is 0.556. The molecule has 0 radical (unpaired) electrons. The zero-order valence-electron chi connectivity index (χ0n) is 8.24. The molecule has 0 amide bonds. The van der Waals surface area contributed by atoms with Gasteiger partial charge in [0.2, 0.25) is 0 Å². The molecule has 0 spiro atoms. The van der Waals surface area contributed by atoms with Gasteiger partial charge >= 0.3 is 0 Å². The normalized spacial score (nSPS) is 26.7. The first-order chi connectivity index (χ1) is 6.81. The highest BCUT2D eigenvalue weighted by Gasteiger charge is 2.28. The molecule has 0 aromatic carbocycles. The highest BCUT2D eigenvalue weighted by atomic mass is 35.5. The first-order valence-electron chi connectivity index (χ1n) is 4.95. The Morgan fingerprint density at radius 2 is 2.29 bits per heavy atom. The van der Waals surface area contributed by atoms with Crippen LogP contribution < -0.4 is 0 Å². The SMILES string of the molecule is COC1CCCC1c1ccc(Cl)nc1. The number of halogens is 1. The van der Waals surface area contributed by atoms with Crippen molar-refractivity contribution in [2.45, 2.75) is 31.3 Å². The topological polar surface area (TPSA) is 22.1 Å². The number of hydrogen-bond acceptors (Lipinski definition) is 2. The molecule has 1 saturated carbocycles. The summed E-state index contributed by atoms with van der Waals surface area (Å²) in [6.07, 6.45) is 5.82. The summed E-state index contributed by atoms with van der Waals surface area (Å²) in [6, 6.07) is 3.90. The van der Waals surface area contributed by atoms with Crippen molar-refractivity contribution >= 4 is 11.6 Å². The molecule has 1 aromatic rings. The van der Waals surface area contributed by atoms with Crippen LogP contribution in [-0.2, 0) is 4.74 Å². The molecular formula is C11H14ClNO. The zero-order chi connectivity index (χ0) is 9.97. The first-order valence-corrected chi connectivity index (χ1v) is 5.33. The number of nitrogens with zero attached hydrogens (tertiary/aromatic N) is 1. The van der Waals surface area contributed by atoms with Gasteiger partial charge in [-0.3, -0.25) is 0 Å². The fourth-order valence-electron chi connectivity index (χ4n) is 2.20. The highest BCUT2D eigenvalue weighted by Crippen LogP contribution is 2.36. The van der Waals surface area contributed by atoms with Crippen molar-refractivity contribution in [1.29, 1.82) is 0 Å². The second-order valence-electron chi connectivity index (χ2n) is 3.73. The largest absolute Gasteiger partial charge is 0.381 e. The van der Waals surface area contributed by atoms with Crippen LogP contribution in [0.5, 0.6) is 0 Å². The molecule has 1 aliphatic rings. The molecular weight excluding hydrogens is 198 g/mol. The van der Waals surface area contributed by atoms with E-state index in [1.807, 2.05) is 12.3 Å². The average Bonchev–Trinajstić information content (AvgIpc) is 2.67. The van der Waals surface area contributed by atoms with Gasteiger partial charge in [-0.25, -0.2) is 4.98 Å². The van der Waals surface area contributed by atoms with Crippen LogP contribution in [0.1, 0.15) is 30.7 Å². The Morgan fingerprint density at radius 1 is 1.43 bits per heavy atom. The molecule has 2 unspecified atom stereocenters. The Hall–Kier alpha value is -0.600. The van der Waals surface area contributed by atoms with Crippen molar-refractivity contribution in [3.8, 4) is 0 Å². The van der Waals surface area contributed by atoms with Crippen molar-refractivity contribution in [3.63, 3.8) is 0 Å². The van der Waals surface area contributed by atoms with E-state index in [0.29, 0.717) is 17.2 Å². The molecule has 2 atom stereocenters. The van der Waals surface area contributed by atoms with Crippen LogP contribution in [0, 0.1) is 0 Å². The van der Waals surface area contributed by atoms with Crippen molar-refractivity contribution in [3.05, 3.63) is 29.0 Å². The number of methoxy groups -OCH3 is 1. The number of ether oxygens (including phenoxy) is 1. The molecule has 2 rings (SSSR count). The third-order valence-corrected chi connectivity index (χ3v) is 3.16. The van der Waals surface area contributed by atoms with E-state index in [2.05, 4.69) is 11.1 Å². The molecule has 0 N–H and O–H groups in total. The minimum absolute atomic E-state index is 0.359. The quantitative estimate of drug-likeness (QED) is 0.702. The standard InChI is InChI=1S/C11H14ClNO/c1-14-10-4-2-3-9(10)8-5-6-11(12)13-7-8/h5-7,9-10H,2-4H2,1H3. The van der Waals surface area contributed by atoms with Gasteiger partial charge in [0.05, 0.1) is 6.10 Å². The fraction of sp³-hybridized carbons (Fsp3) is 0.545. The van der Waals surface area contributed by atoms with Crippen LogP contribution in [0.25, 0.3) is 0 Å². The molecule has 0 bridgehead atoms. The lowest BCUT2D eigenvalue weighted by atomic mass is 9.97. The van der Waals surface area contributed by atoms with E-state index < -0.39 is 0 Å². The maximum absolute atomic E-state index is 5.75. The van der Waals surface area contributed by atoms with E-state index in [1.54, 1.807) is 7.11 Å².